The number of rotatable bonds is 2. The van der Waals surface area contributed by atoms with E-state index in [0.717, 1.165) is 18.6 Å². The summed E-state index contributed by atoms with van der Waals surface area (Å²) in [7, 11) is 0. The van der Waals surface area contributed by atoms with Gasteiger partial charge in [0, 0.05) is 5.41 Å². The molecule has 3 rings (SSSR count). The van der Waals surface area contributed by atoms with Crippen LogP contribution in [0.25, 0.3) is 0 Å². The summed E-state index contributed by atoms with van der Waals surface area (Å²) in [5.41, 5.74) is 1.52. The molecule has 3 nitrogen and oxygen atoms in total. The molecule has 2 atom stereocenters. The summed E-state index contributed by atoms with van der Waals surface area (Å²) < 4.78 is 12.8. The fourth-order valence-corrected chi connectivity index (χ4v) is 3.80. The van der Waals surface area contributed by atoms with Crippen molar-refractivity contribution in [2.75, 3.05) is 0 Å². The summed E-state index contributed by atoms with van der Waals surface area (Å²) in [6.07, 6.45) is 3.21. The SMILES string of the molecule is CC1(C)[C@H]2CC[C@@]1(C)/C(=N\OC(=O)c1ccc(F)cc1)C2. The van der Waals surface area contributed by atoms with E-state index in [-0.39, 0.29) is 16.6 Å². The maximum atomic E-state index is 12.8. The summed E-state index contributed by atoms with van der Waals surface area (Å²) in [5.74, 6) is -0.294. The average molecular weight is 289 g/mol. The molecule has 0 heterocycles. The smallest absolute Gasteiger partial charge is 0.313 e. The number of carbonyl (C=O) groups is 1. The van der Waals surface area contributed by atoms with E-state index in [9.17, 15) is 9.18 Å². The van der Waals surface area contributed by atoms with Crippen LogP contribution in [-0.2, 0) is 4.84 Å². The van der Waals surface area contributed by atoms with Crippen molar-refractivity contribution in [2.24, 2.45) is 21.9 Å². The van der Waals surface area contributed by atoms with Crippen LogP contribution >= 0.6 is 0 Å². The van der Waals surface area contributed by atoms with Crippen LogP contribution in [0, 0.1) is 22.6 Å². The maximum Gasteiger partial charge on any atom is 0.365 e. The standard InChI is InChI=1S/C17H20FNO2/c1-16(2)12-8-9-17(16,3)14(10-12)19-21-15(20)11-4-6-13(18)7-5-11/h4-7,12H,8-10H2,1-3H3/b19-14-/t12-,17-/m0/s1. The number of oxime groups is 1. The quantitative estimate of drug-likeness (QED) is 0.605. The Hall–Kier alpha value is -1.71. The molecule has 112 valence electrons. The van der Waals surface area contributed by atoms with Crippen LogP contribution in [0.1, 0.15) is 50.4 Å². The van der Waals surface area contributed by atoms with E-state index in [1.807, 2.05) is 0 Å². The highest BCUT2D eigenvalue weighted by atomic mass is 19.1. The minimum absolute atomic E-state index is 0.0146. The van der Waals surface area contributed by atoms with Crippen LogP contribution in [0.5, 0.6) is 0 Å². The highest BCUT2D eigenvalue weighted by molar-refractivity contribution is 5.95. The van der Waals surface area contributed by atoms with Gasteiger partial charge in [-0.15, -0.1) is 0 Å². The molecule has 0 radical (unpaired) electrons. The zero-order valence-electron chi connectivity index (χ0n) is 12.6. The monoisotopic (exact) mass is 289 g/mol. The molecule has 2 saturated carbocycles. The van der Waals surface area contributed by atoms with E-state index in [1.54, 1.807) is 0 Å². The lowest BCUT2D eigenvalue weighted by Crippen LogP contribution is -2.32. The number of carbonyl (C=O) groups excluding carboxylic acids is 1. The molecule has 0 amide bonds. The molecule has 1 aromatic rings. The van der Waals surface area contributed by atoms with Crippen molar-refractivity contribution in [2.45, 2.75) is 40.0 Å². The van der Waals surface area contributed by atoms with Gasteiger partial charge in [0.15, 0.2) is 0 Å². The second-order valence-electron chi connectivity index (χ2n) is 6.92. The molecule has 2 bridgehead atoms. The Morgan fingerprint density at radius 3 is 2.48 bits per heavy atom. The molecule has 0 aliphatic heterocycles. The molecular formula is C17H20FNO2. The third-order valence-corrected chi connectivity index (χ3v) is 5.83. The molecular weight excluding hydrogens is 269 g/mol. The van der Waals surface area contributed by atoms with Crippen LogP contribution in [0.15, 0.2) is 29.4 Å². The van der Waals surface area contributed by atoms with Crippen molar-refractivity contribution >= 4 is 11.7 Å². The van der Waals surface area contributed by atoms with Gasteiger partial charge < -0.3 is 4.84 Å². The topological polar surface area (TPSA) is 38.7 Å². The summed E-state index contributed by atoms with van der Waals surface area (Å²) in [6, 6.07) is 5.30. The number of hydrogen-bond donors (Lipinski definition) is 0. The summed E-state index contributed by atoms with van der Waals surface area (Å²) in [4.78, 5) is 17.0. The first-order chi connectivity index (χ1) is 9.84. The fraction of sp³-hybridized carbons (Fsp3) is 0.529. The molecule has 0 unspecified atom stereocenters. The Labute approximate surface area is 124 Å². The largest absolute Gasteiger partial charge is 0.365 e. The van der Waals surface area contributed by atoms with Gasteiger partial charge in [0.1, 0.15) is 5.82 Å². The molecule has 4 heteroatoms. The predicted molar refractivity (Wildman–Crippen MR) is 78.5 cm³/mol. The van der Waals surface area contributed by atoms with Gasteiger partial charge in [0.05, 0.1) is 11.3 Å². The van der Waals surface area contributed by atoms with E-state index in [1.165, 1.54) is 30.7 Å². The van der Waals surface area contributed by atoms with Gasteiger partial charge in [-0.1, -0.05) is 25.9 Å². The van der Waals surface area contributed by atoms with Crippen molar-refractivity contribution in [3.05, 3.63) is 35.6 Å². The first-order valence-corrected chi connectivity index (χ1v) is 7.39. The van der Waals surface area contributed by atoms with Crippen LogP contribution in [-0.4, -0.2) is 11.7 Å². The summed E-state index contributed by atoms with van der Waals surface area (Å²) in [6.45, 7) is 6.76. The lowest BCUT2D eigenvalue weighted by atomic mass is 9.70. The Bertz CT molecular complexity index is 606. The second-order valence-corrected chi connectivity index (χ2v) is 6.92. The summed E-state index contributed by atoms with van der Waals surface area (Å²) in [5, 5.41) is 4.15. The van der Waals surface area contributed by atoms with Crippen molar-refractivity contribution in [3.8, 4) is 0 Å². The van der Waals surface area contributed by atoms with E-state index in [0.29, 0.717) is 11.5 Å². The predicted octanol–water partition coefficient (Wildman–Crippen LogP) is 4.18. The zero-order chi connectivity index (χ0) is 15.3. The van der Waals surface area contributed by atoms with Gasteiger partial charge in [-0.2, -0.15) is 0 Å². The molecule has 0 spiro atoms. The first kappa shape index (κ1) is 14.2. The Balaban J connectivity index is 1.76. The van der Waals surface area contributed by atoms with Crippen LogP contribution in [0.3, 0.4) is 0 Å². The Kier molecular flexibility index (Phi) is 3.15. The molecule has 0 N–H and O–H groups in total. The van der Waals surface area contributed by atoms with Crippen LogP contribution in [0.2, 0.25) is 0 Å². The van der Waals surface area contributed by atoms with E-state index >= 15 is 0 Å². The average Bonchev–Trinajstić information content (AvgIpc) is 2.78. The zero-order valence-corrected chi connectivity index (χ0v) is 12.6. The van der Waals surface area contributed by atoms with Crippen LogP contribution in [0.4, 0.5) is 4.39 Å². The third kappa shape index (κ3) is 2.08. The highest BCUT2D eigenvalue weighted by Crippen LogP contribution is 2.63. The minimum atomic E-state index is -0.535. The minimum Gasteiger partial charge on any atom is -0.313 e. The van der Waals surface area contributed by atoms with Gasteiger partial charge in [-0.25, -0.2) is 9.18 Å². The fourth-order valence-electron chi connectivity index (χ4n) is 3.80. The highest BCUT2D eigenvalue weighted by Gasteiger charge is 2.60. The lowest BCUT2D eigenvalue weighted by Gasteiger charge is -2.34. The Morgan fingerprint density at radius 1 is 1.29 bits per heavy atom. The first-order valence-electron chi connectivity index (χ1n) is 7.39. The maximum absolute atomic E-state index is 12.8. The van der Waals surface area contributed by atoms with E-state index < -0.39 is 5.97 Å². The molecule has 2 aliphatic carbocycles. The van der Waals surface area contributed by atoms with Crippen LogP contribution < -0.4 is 0 Å². The molecule has 21 heavy (non-hydrogen) atoms. The second kappa shape index (κ2) is 4.65. The third-order valence-electron chi connectivity index (χ3n) is 5.83. The van der Waals surface area contributed by atoms with Crippen molar-refractivity contribution < 1.29 is 14.0 Å². The van der Waals surface area contributed by atoms with Crippen molar-refractivity contribution in [1.29, 1.82) is 0 Å². The molecule has 0 saturated heterocycles. The van der Waals surface area contributed by atoms with E-state index in [4.69, 9.17) is 4.84 Å². The molecule has 2 aliphatic rings. The number of benzene rings is 1. The van der Waals surface area contributed by atoms with Crippen molar-refractivity contribution in [1.82, 2.24) is 0 Å². The molecule has 0 aromatic heterocycles. The molecule has 2 fully saturated rings. The van der Waals surface area contributed by atoms with Gasteiger partial charge >= 0.3 is 5.97 Å². The molecule has 1 aromatic carbocycles. The number of halogens is 1. The Morgan fingerprint density at radius 2 is 1.95 bits per heavy atom. The number of hydrogen-bond acceptors (Lipinski definition) is 3. The van der Waals surface area contributed by atoms with Crippen molar-refractivity contribution in [3.63, 3.8) is 0 Å². The number of nitrogens with zero attached hydrogens (tertiary/aromatic N) is 1. The van der Waals surface area contributed by atoms with Gasteiger partial charge in [0.2, 0.25) is 0 Å². The summed E-state index contributed by atoms with van der Waals surface area (Å²) >= 11 is 0. The van der Waals surface area contributed by atoms with E-state index in [2.05, 4.69) is 25.9 Å². The lowest BCUT2D eigenvalue weighted by molar-refractivity contribution is 0.0508. The van der Waals surface area contributed by atoms with Gasteiger partial charge in [-0.3, -0.25) is 0 Å². The normalized spacial score (nSPS) is 31.6. The van der Waals surface area contributed by atoms with Gasteiger partial charge in [0.25, 0.3) is 0 Å². The number of fused-ring (bicyclic) bond motifs is 2. The van der Waals surface area contributed by atoms with Gasteiger partial charge in [-0.05, 0) is 54.9 Å².